The van der Waals surface area contributed by atoms with Crippen LogP contribution in [0.15, 0.2) is 18.2 Å². The average Bonchev–Trinajstić information content (AvgIpc) is 3.64. The van der Waals surface area contributed by atoms with E-state index in [-0.39, 0.29) is 29.6 Å². The normalized spacial score (nSPS) is 39.5. The molecular formula is C31H43N5O5. The summed E-state index contributed by atoms with van der Waals surface area (Å²) in [6.45, 7) is 9.47. The lowest BCUT2D eigenvalue weighted by atomic mass is 9.68. The summed E-state index contributed by atoms with van der Waals surface area (Å²) < 4.78 is 6.43. The second-order valence-corrected chi connectivity index (χ2v) is 13.9. The molecule has 0 saturated carbocycles. The first-order valence-electron chi connectivity index (χ1n) is 15.4. The van der Waals surface area contributed by atoms with Crippen molar-refractivity contribution in [2.45, 2.75) is 95.0 Å². The van der Waals surface area contributed by atoms with Crippen LogP contribution in [0.5, 0.6) is 0 Å². The highest BCUT2D eigenvalue weighted by atomic mass is 16.7. The largest absolute Gasteiger partial charge is 0.384 e. The van der Waals surface area contributed by atoms with Crippen LogP contribution in [0.3, 0.4) is 0 Å². The van der Waals surface area contributed by atoms with E-state index in [1.54, 1.807) is 4.90 Å². The van der Waals surface area contributed by atoms with E-state index in [0.29, 0.717) is 37.9 Å². The summed E-state index contributed by atoms with van der Waals surface area (Å²) in [6, 6.07) is 5.31. The van der Waals surface area contributed by atoms with Gasteiger partial charge in [0.05, 0.1) is 5.92 Å². The zero-order valence-corrected chi connectivity index (χ0v) is 24.7. The van der Waals surface area contributed by atoms with Crippen LogP contribution in [0.4, 0.5) is 5.69 Å². The fraction of sp³-hybridized carbons (Fsp3) is 0.710. The molecule has 10 heteroatoms. The molecule has 7 rings (SSSR count). The molecule has 10 nitrogen and oxygen atoms in total. The maximum atomic E-state index is 14.4. The summed E-state index contributed by atoms with van der Waals surface area (Å²) >= 11 is 0. The molecule has 3 N–H and O–H groups in total. The van der Waals surface area contributed by atoms with Gasteiger partial charge in [-0.25, -0.2) is 0 Å². The standard InChI is InChI=1S/C31H43N5O5/c1-16(2)26-28(38)35-11-7-10-24(35)31(40)36(26)29(39)30(41-31,17(3)4)33-27(37)19-12-21-20-8-6-9-22-25(20)18(14-32-22)13-23(21)34(5)15-19/h6,8-9,16-19,21,23-24,26,32,40H,7,10-15H2,1-5H3,(H,33,37)/t18?,19-,21?,23-,24+,26+,30-,31+/m0/s1. The van der Waals surface area contributed by atoms with Crippen molar-refractivity contribution in [3.63, 3.8) is 0 Å². The predicted octanol–water partition coefficient (Wildman–Crippen LogP) is 2.01. The van der Waals surface area contributed by atoms with Crippen LogP contribution < -0.4 is 10.6 Å². The topological polar surface area (TPSA) is 114 Å². The number of piperazine rings is 1. The molecule has 1 aliphatic carbocycles. The number of anilines is 1. The third-order valence-corrected chi connectivity index (χ3v) is 10.9. The molecule has 1 aromatic carbocycles. The Hall–Kier alpha value is -2.69. The monoisotopic (exact) mass is 565 g/mol. The zero-order chi connectivity index (χ0) is 29.0. The van der Waals surface area contributed by atoms with Gasteiger partial charge in [0.25, 0.3) is 11.8 Å². The highest BCUT2D eigenvalue weighted by Crippen LogP contribution is 2.52. The smallest absolute Gasteiger partial charge is 0.281 e. The van der Waals surface area contributed by atoms with Crippen molar-refractivity contribution in [1.82, 2.24) is 20.0 Å². The van der Waals surface area contributed by atoms with E-state index in [0.717, 1.165) is 19.4 Å². The van der Waals surface area contributed by atoms with Crippen molar-refractivity contribution in [1.29, 1.82) is 0 Å². The van der Waals surface area contributed by atoms with E-state index >= 15 is 0 Å². The summed E-state index contributed by atoms with van der Waals surface area (Å²) in [6.07, 6.45) is 3.01. The minimum absolute atomic E-state index is 0.157. The lowest BCUT2D eigenvalue weighted by Gasteiger charge is -2.49. The maximum absolute atomic E-state index is 14.4. The van der Waals surface area contributed by atoms with E-state index in [1.165, 1.54) is 21.7 Å². The van der Waals surface area contributed by atoms with Gasteiger partial charge in [-0.15, -0.1) is 0 Å². The molecule has 8 atom stereocenters. The van der Waals surface area contributed by atoms with Gasteiger partial charge in [0.15, 0.2) is 0 Å². The number of likely N-dealkylation sites (tertiary alicyclic amines) is 1. The Morgan fingerprint density at radius 1 is 1.20 bits per heavy atom. The Kier molecular flexibility index (Phi) is 6.06. The fourth-order valence-corrected chi connectivity index (χ4v) is 8.91. The number of benzene rings is 1. The van der Waals surface area contributed by atoms with E-state index in [2.05, 4.69) is 40.8 Å². The van der Waals surface area contributed by atoms with Gasteiger partial charge in [0.2, 0.25) is 17.5 Å². The van der Waals surface area contributed by atoms with Crippen LogP contribution in [0.25, 0.3) is 0 Å². The number of rotatable bonds is 4. The summed E-state index contributed by atoms with van der Waals surface area (Å²) in [5, 5.41) is 18.7. The van der Waals surface area contributed by atoms with E-state index in [1.807, 2.05) is 27.7 Å². The molecule has 0 spiro atoms. The number of nitrogens with zero attached hydrogens (tertiary/aromatic N) is 3. The number of likely N-dealkylation sites (N-methyl/N-ethyl adjacent to an activating group) is 1. The molecule has 3 amide bonds. The van der Waals surface area contributed by atoms with Gasteiger partial charge in [0, 0.05) is 49.1 Å². The zero-order valence-electron chi connectivity index (χ0n) is 24.7. The van der Waals surface area contributed by atoms with Gasteiger partial charge < -0.3 is 25.5 Å². The van der Waals surface area contributed by atoms with E-state index < -0.39 is 35.5 Å². The van der Waals surface area contributed by atoms with Crippen LogP contribution in [0.1, 0.15) is 76.3 Å². The first-order chi connectivity index (χ1) is 19.5. The number of fused-ring (bicyclic) bond motifs is 5. The van der Waals surface area contributed by atoms with Gasteiger partial charge in [-0.2, -0.15) is 0 Å². The molecule has 5 aliphatic heterocycles. The van der Waals surface area contributed by atoms with Gasteiger partial charge in [0.1, 0.15) is 12.1 Å². The quantitative estimate of drug-likeness (QED) is 0.512. The maximum Gasteiger partial charge on any atom is 0.281 e. The molecular weight excluding hydrogens is 522 g/mol. The molecule has 0 aromatic heterocycles. The summed E-state index contributed by atoms with van der Waals surface area (Å²) in [5.74, 6) is -3.27. The van der Waals surface area contributed by atoms with Crippen LogP contribution in [0.2, 0.25) is 0 Å². The van der Waals surface area contributed by atoms with E-state index in [9.17, 15) is 19.5 Å². The first kappa shape index (κ1) is 27.2. The minimum Gasteiger partial charge on any atom is -0.384 e. The highest BCUT2D eigenvalue weighted by molar-refractivity contribution is 5.97. The number of hydrogen-bond acceptors (Lipinski definition) is 7. The lowest BCUT2D eigenvalue weighted by Crippen LogP contribution is -2.72. The molecule has 5 heterocycles. The number of amides is 3. The van der Waals surface area contributed by atoms with Gasteiger partial charge in [-0.1, -0.05) is 39.8 Å². The Morgan fingerprint density at radius 3 is 2.71 bits per heavy atom. The third kappa shape index (κ3) is 3.62. The highest BCUT2D eigenvalue weighted by Gasteiger charge is 2.72. The molecule has 0 radical (unpaired) electrons. The Bertz CT molecular complexity index is 1300. The summed E-state index contributed by atoms with van der Waals surface area (Å²) in [4.78, 5) is 47.3. The number of carbonyl (C=O) groups is 3. The number of hydrogen-bond donors (Lipinski definition) is 3. The summed E-state index contributed by atoms with van der Waals surface area (Å²) in [5.41, 5.74) is 2.18. The summed E-state index contributed by atoms with van der Waals surface area (Å²) in [7, 11) is 2.10. The van der Waals surface area contributed by atoms with Gasteiger partial charge in [-0.3, -0.25) is 24.0 Å². The van der Waals surface area contributed by atoms with Crippen molar-refractivity contribution in [3.8, 4) is 0 Å². The molecule has 4 fully saturated rings. The van der Waals surface area contributed by atoms with Crippen LogP contribution >= 0.6 is 0 Å². The number of piperidine rings is 1. The number of carbonyl (C=O) groups excluding carboxylic acids is 3. The number of ether oxygens (including phenoxy) is 1. The molecule has 41 heavy (non-hydrogen) atoms. The van der Waals surface area contributed by atoms with Crippen molar-refractivity contribution < 1.29 is 24.2 Å². The molecule has 1 aromatic rings. The first-order valence-corrected chi connectivity index (χ1v) is 15.4. The van der Waals surface area contributed by atoms with E-state index in [4.69, 9.17) is 4.74 Å². The van der Waals surface area contributed by atoms with Crippen LogP contribution in [0, 0.1) is 17.8 Å². The number of aliphatic hydroxyl groups is 1. The van der Waals surface area contributed by atoms with Crippen LogP contribution in [-0.4, -0.2) is 94.0 Å². The average molecular weight is 566 g/mol. The van der Waals surface area contributed by atoms with Crippen molar-refractivity contribution in [2.75, 3.05) is 32.0 Å². The van der Waals surface area contributed by atoms with Crippen molar-refractivity contribution in [2.24, 2.45) is 17.8 Å². The molecule has 6 aliphatic rings. The fourth-order valence-electron chi connectivity index (χ4n) is 8.91. The SMILES string of the molecule is CC(C)[C@@H]1C(=O)N2CCC[C@@H]2[C@@]2(O)O[C@@](NC(=O)[C@H]3CC4c5cccc6c5C(CN6)C[C@@H]4N(C)C3)(C(C)C)C(=O)N12. The second kappa shape index (κ2) is 9.15. The minimum atomic E-state index is -1.99. The molecule has 0 bridgehead atoms. The Labute approximate surface area is 241 Å². The van der Waals surface area contributed by atoms with Crippen molar-refractivity contribution in [3.05, 3.63) is 29.3 Å². The van der Waals surface area contributed by atoms with Gasteiger partial charge >= 0.3 is 0 Å². The Morgan fingerprint density at radius 2 is 1.98 bits per heavy atom. The Balaban J connectivity index is 1.20. The number of nitrogens with one attached hydrogen (secondary N) is 2. The lowest BCUT2D eigenvalue weighted by molar-refractivity contribution is -0.323. The van der Waals surface area contributed by atoms with Crippen LogP contribution in [-0.2, 0) is 19.1 Å². The molecule has 2 unspecified atom stereocenters. The molecule has 4 saturated heterocycles. The molecule has 222 valence electrons. The second-order valence-electron chi connectivity index (χ2n) is 13.9. The third-order valence-electron chi connectivity index (χ3n) is 10.9. The van der Waals surface area contributed by atoms with Crippen molar-refractivity contribution >= 4 is 23.4 Å². The van der Waals surface area contributed by atoms with Gasteiger partial charge in [-0.05, 0) is 55.8 Å². The predicted molar refractivity (Wildman–Crippen MR) is 152 cm³/mol.